The van der Waals surface area contributed by atoms with Gasteiger partial charge in [0, 0.05) is 32.4 Å². The molecule has 0 atom stereocenters. The number of hydrogen-bond acceptors (Lipinski definition) is 8. The Balaban J connectivity index is 2.16. The molecule has 2 N–H and O–H groups in total. The van der Waals surface area contributed by atoms with Gasteiger partial charge in [0.1, 0.15) is 5.82 Å². The Bertz CT molecular complexity index is 675. The SMILES string of the molecule is C/C=N\N(C)c1cc(NCc2ccccc2)nc(NCCN=O)n1. The molecule has 0 aliphatic rings. The molecule has 0 fully saturated rings. The molecule has 1 aromatic carbocycles. The molecule has 0 bridgehead atoms. The summed E-state index contributed by atoms with van der Waals surface area (Å²) in [6.07, 6.45) is 1.68. The number of benzene rings is 1. The molecule has 2 aromatic rings. The van der Waals surface area contributed by atoms with Crippen molar-refractivity contribution in [1.82, 2.24) is 9.97 Å². The smallest absolute Gasteiger partial charge is 0.226 e. The Morgan fingerprint density at radius 2 is 2.00 bits per heavy atom. The van der Waals surface area contributed by atoms with Crippen molar-refractivity contribution < 1.29 is 0 Å². The number of nitrogens with zero attached hydrogens (tertiary/aromatic N) is 5. The average molecular weight is 327 g/mol. The minimum absolute atomic E-state index is 0.156. The number of nitrogens with one attached hydrogen (secondary N) is 2. The topological polar surface area (TPSA) is 94.9 Å². The first-order valence-corrected chi connectivity index (χ1v) is 7.65. The van der Waals surface area contributed by atoms with Crippen LogP contribution in [0.25, 0.3) is 0 Å². The Morgan fingerprint density at radius 1 is 1.21 bits per heavy atom. The lowest BCUT2D eigenvalue weighted by Crippen LogP contribution is -2.15. The van der Waals surface area contributed by atoms with Crippen molar-refractivity contribution in [2.75, 3.05) is 35.8 Å². The minimum Gasteiger partial charge on any atom is -0.366 e. The molecule has 8 heteroatoms. The van der Waals surface area contributed by atoms with Gasteiger partial charge >= 0.3 is 0 Å². The van der Waals surface area contributed by atoms with Gasteiger partial charge in [0.15, 0.2) is 5.82 Å². The molecule has 0 spiro atoms. The van der Waals surface area contributed by atoms with Crippen molar-refractivity contribution in [2.45, 2.75) is 13.5 Å². The molecule has 0 radical (unpaired) electrons. The quantitative estimate of drug-likeness (QED) is 0.318. The van der Waals surface area contributed by atoms with Crippen LogP contribution in [0, 0.1) is 4.91 Å². The third-order valence-corrected chi connectivity index (χ3v) is 3.14. The van der Waals surface area contributed by atoms with Crippen LogP contribution in [0.4, 0.5) is 17.6 Å². The van der Waals surface area contributed by atoms with Crippen molar-refractivity contribution in [3.63, 3.8) is 0 Å². The maximum Gasteiger partial charge on any atom is 0.226 e. The zero-order chi connectivity index (χ0) is 17.2. The van der Waals surface area contributed by atoms with Crippen LogP contribution >= 0.6 is 0 Å². The van der Waals surface area contributed by atoms with Crippen LogP contribution < -0.4 is 15.6 Å². The first-order chi connectivity index (χ1) is 11.7. The van der Waals surface area contributed by atoms with Gasteiger partial charge in [-0.3, -0.25) is 5.01 Å². The maximum atomic E-state index is 10.2. The molecule has 8 nitrogen and oxygen atoms in total. The van der Waals surface area contributed by atoms with Crippen molar-refractivity contribution >= 4 is 23.8 Å². The van der Waals surface area contributed by atoms with Crippen molar-refractivity contribution in [3.8, 4) is 0 Å². The molecule has 0 saturated heterocycles. The largest absolute Gasteiger partial charge is 0.366 e. The third-order valence-electron chi connectivity index (χ3n) is 3.14. The number of rotatable bonds is 9. The second-order valence-corrected chi connectivity index (χ2v) is 4.95. The summed E-state index contributed by atoms with van der Waals surface area (Å²) in [5.41, 5.74) is 1.15. The highest BCUT2D eigenvalue weighted by molar-refractivity contribution is 5.58. The van der Waals surface area contributed by atoms with Crippen LogP contribution in [0.2, 0.25) is 0 Å². The van der Waals surface area contributed by atoms with Gasteiger partial charge in [0.05, 0.1) is 6.54 Å². The fourth-order valence-corrected chi connectivity index (χ4v) is 2.00. The zero-order valence-electron chi connectivity index (χ0n) is 13.8. The van der Waals surface area contributed by atoms with Gasteiger partial charge in [-0.15, -0.1) is 0 Å². The lowest BCUT2D eigenvalue weighted by Gasteiger charge is -2.15. The lowest BCUT2D eigenvalue weighted by atomic mass is 10.2. The van der Waals surface area contributed by atoms with Crippen LogP contribution in [0.1, 0.15) is 12.5 Å². The lowest BCUT2D eigenvalue weighted by molar-refractivity contribution is 0.941. The highest BCUT2D eigenvalue weighted by atomic mass is 16.3. The molecule has 1 aromatic heterocycles. The fourth-order valence-electron chi connectivity index (χ4n) is 2.00. The Labute approximate surface area is 141 Å². The normalized spacial score (nSPS) is 10.6. The third kappa shape index (κ3) is 5.31. The van der Waals surface area contributed by atoms with Crippen LogP contribution in [0.3, 0.4) is 0 Å². The Morgan fingerprint density at radius 3 is 2.71 bits per heavy atom. The molecular formula is C16H21N7O. The molecule has 0 aliphatic carbocycles. The summed E-state index contributed by atoms with van der Waals surface area (Å²) in [5, 5.41) is 14.9. The van der Waals surface area contributed by atoms with Gasteiger partial charge in [0.25, 0.3) is 0 Å². The van der Waals surface area contributed by atoms with Gasteiger partial charge in [-0.05, 0) is 12.5 Å². The highest BCUT2D eigenvalue weighted by Crippen LogP contribution is 2.18. The minimum atomic E-state index is 0.156. The standard InChI is InChI=1S/C16H21N7O/c1-3-19-23(2)15-11-14(18-12-13-7-5-4-6-8-13)21-16(22-15)17-9-10-20-24/h3-8,11H,9-10,12H2,1-2H3,(H2,17,18,21,22)/b19-3-. The molecule has 24 heavy (non-hydrogen) atoms. The second kappa shape index (κ2) is 9.19. The summed E-state index contributed by atoms with van der Waals surface area (Å²) in [6.45, 7) is 3.02. The van der Waals surface area contributed by atoms with E-state index in [2.05, 4.69) is 30.9 Å². The van der Waals surface area contributed by atoms with Gasteiger partial charge in [-0.2, -0.15) is 20.0 Å². The number of nitroso groups, excluding NO2 is 1. The van der Waals surface area contributed by atoms with E-state index in [9.17, 15) is 4.91 Å². The summed E-state index contributed by atoms with van der Waals surface area (Å²) in [5.74, 6) is 1.73. The van der Waals surface area contributed by atoms with Gasteiger partial charge in [-0.25, -0.2) is 0 Å². The summed E-state index contributed by atoms with van der Waals surface area (Å²) in [6, 6.07) is 11.9. The number of hydrogen-bond donors (Lipinski definition) is 2. The number of anilines is 3. The number of aromatic nitrogens is 2. The Kier molecular flexibility index (Phi) is 6.63. The highest BCUT2D eigenvalue weighted by Gasteiger charge is 2.08. The van der Waals surface area contributed by atoms with Crippen molar-refractivity contribution in [1.29, 1.82) is 0 Å². The van der Waals surface area contributed by atoms with E-state index in [0.717, 1.165) is 5.56 Å². The monoisotopic (exact) mass is 327 g/mol. The Hall–Kier alpha value is -3.03. The van der Waals surface area contributed by atoms with Crippen LogP contribution in [-0.2, 0) is 6.54 Å². The number of hydrazone groups is 1. The van der Waals surface area contributed by atoms with Gasteiger partial charge in [0.2, 0.25) is 5.95 Å². The molecular weight excluding hydrogens is 306 g/mol. The average Bonchev–Trinajstić information content (AvgIpc) is 2.61. The van der Waals surface area contributed by atoms with E-state index in [1.165, 1.54) is 0 Å². The molecule has 0 saturated carbocycles. The summed E-state index contributed by atoms with van der Waals surface area (Å²) < 4.78 is 0. The van der Waals surface area contributed by atoms with Crippen LogP contribution in [0.5, 0.6) is 0 Å². The van der Waals surface area contributed by atoms with E-state index in [-0.39, 0.29) is 6.54 Å². The van der Waals surface area contributed by atoms with E-state index < -0.39 is 0 Å². The first kappa shape index (κ1) is 17.3. The van der Waals surface area contributed by atoms with Gasteiger partial charge in [-0.1, -0.05) is 35.5 Å². The van der Waals surface area contributed by atoms with Crippen molar-refractivity contribution in [2.24, 2.45) is 10.3 Å². The van der Waals surface area contributed by atoms with Crippen LogP contribution in [-0.4, -0.2) is 36.3 Å². The van der Waals surface area contributed by atoms with Crippen molar-refractivity contribution in [3.05, 3.63) is 46.9 Å². The zero-order valence-corrected chi connectivity index (χ0v) is 13.8. The molecule has 0 unspecified atom stereocenters. The van der Waals surface area contributed by atoms with E-state index in [1.807, 2.05) is 43.3 Å². The molecule has 126 valence electrons. The summed E-state index contributed by atoms with van der Waals surface area (Å²) in [4.78, 5) is 19.0. The molecule has 2 rings (SSSR count). The summed E-state index contributed by atoms with van der Waals surface area (Å²) in [7, 11) is 1.81. The van der Waals surface area contributed by atoms with E-state index >= 15 is 0 Å². The second-order valence-electron chi connectivity index (χ2n) is 4.95. The molecule has 0 amide bonds. The predicted molar refractivity (Wildman–Crippen MR) is 97.5 cm³/mol. The molecule has 0 aliphatic heterocycles. The van der Waals surface area contributed by atoms with E-state index in [1.54, 1.807) is 18.3 Å². The predicted octanol–water partition coefficient (Wildman–Crippen LogP) is 2.71. The van der Waals surface area contributed by atoms with E-state index in [4.69, 9.17) is 0 Å². The first-order valence-electron chi connectivity index (χ1n) is 7.65. The summed E-state index contributed by atoms with van der Waals surface area (Å²) >= 11 is 0. The maximum absolute atomic E-state index is 10.2. The van der Waals surface area contributed by atoms with Gasteiger partial charge < -0.3 is 10.6 Å². The van der Waals surface area contributed by atoms with E-state index in [0.29, 0.717) is 30.7 Å². The van der Waals surface area contributed by atoms with Crippen LogP contribution in [0.15, 0.2) is 46.7 Å². The fraction of sp³-hybridized carbons (Fsp3) is 0.312. The molecule has 1 heterocycles.